The molecule has 0 amide bonds. The first-order valence-corrected chi connectivity index (χ1v) is 6.06. The zero-order valence-electron chi connectivity index (χ0n) is 7.90. The molecular formula is C10H11NO2S. The van der Waals surface area contributed by atoms with Crippen molar-refractivity contribution < 1.29 is 8.42 Å². The van der Waals surface area contributed by atoms with Crippen molar-refractivity contribution in [1.29, 1.82) is 0 Å². The summed E-state index contributed by atoms with van der Waals surface area (Å²) in [6.07, 6.45) is 1.68. The van der Waals surface area contributed by atoms with Crippen LogP contribution in [-0.2, 0) is 16.3 Å². The van der Waals surface area contributed by atoms with E-state index in [1.54, 1.807) is 24.3 Å². The van der Waals surface area contributed by atoms with Gasteiger partial charge in [0.25, 0.3) is 0 Å². The summed E-state index contributed by atoms with van der Waals surface area (Å²) in [5.41, 5.74) is 0.728. The normalized spacial score (nSPS) is 10.9. The Morgan fingerprint density at radius 2 is 2.00 bits per heavy atom. The minimum atomic E-state index is -3.17. The molecule has 0 heterocycles. The molecule has 0 N–H and O–H groups in total. The van der Waals surface area contributed by atoms with Gasteiger partial charge in [-0.3, -0.25) is 0 Å². The van der Waals surface area contributed by atoms with E-state index in [1.807, 2.05) is 0 Å². The van der Waals surface area contributed by atoms with Gasteiger partial charge < -0.3 is 4.85 Å². The minimum Gasteiger partial charge on any atom is -0.317 e. The van der Waals surface area contributed by atoms with Crippen molar-refractivity contribution in [3.8, 4) is 0 Å². The smallest absolute Gasteiger partial charge is 0.218 e. The molecule has 4 heteroatoms. The Bertz CT molecular complexity index is 457. The average molecular weight is 209 g/mol. The first kappa shape index (κ1) is 10.7. The van der Waals surface area contributed by atoms with Gasteiger partial charge in [0.1, 0.15) is 0 Å². The molecule has 0 aliphatic rings. The predicted molar refractivity (Wildman–Crippen MR) is 54.7 cm³/mol. The van der Waals surface area contributed by atoms with Gasteiger partial charge in [0, 0.05) is 12.7 Å². The highest BCUT2D eigenvalue weighted by molar-refractivity contribution is 7.90. The van der Waals surface area contributed by atoms with Crippen LogP contribution in [0.2, 0.25) is 0 Å². The van der Waals surface area contributed by atoms with Crippen molar-refractivity contribution in [2.75, 3.05) is 12.8 Å². The van der Waals surface area contributed by atoms with Crippen molar-refractivity contribution in [1.82, 2.24) is 0 Å². The molecule has 0 aliphatic heterocycles. The molecule has 1 aromatic rings. The average Bonchev–Trinajstić information content (AvgIpc) is 2.14. The van der Waals surface area contributed by atoms with E-state index in [-0.39, 0.29) is 0 Å². The molecule has 0 saturated heterocycles. The topological polar surface area (TPSA) is 38.5 Å². The number of sulfone groups is 1. The summed E-state index contributed by atoms with van der Waals surface area (Å²) < 4.78 is 22.7. The van der Waals surface area contributed by atoms with Crippen LogP contribution >= 0.6 is 0 Å². The van der Waals surface area contributed by atoms with Gasteiger partial charge in [-0.25, -0.2) is 15.0 Å². The molecular weight excluding hydrogens is 198 g/mol. The van der Waals surface area contributed by atoms with E-state index in [1.165, 1.54) is 6.26 Å². The highest BCUT2D eigenvalue weighted by Crippen LogP contribution is 2.15. The van der Waals surface area contributed by atoms with Gasteiger partial charge in [0.2, 0.25) is 6.54 Å². The van der Waals surface area contributed by atoms with Gasteiger partial charge in [-0.15, -0.1) is 0 Å². The summed E-state index contributed by atoms with van der Waals surface area (Å²) in [5.74, 6) is 0. The van der Waals surface area contributed by atoms with Gasteiger partial charge in [0.05, 0.1) is 4.90 Å². The van der Waals surface area contributed by atoms with E-state index < -0.39 is 9.84 Å². The summed E-state index contributed by atoms with van der Waals surface area (Å²) in [7, 11) is -3.17. The molecule has 0 atom stereocenters. The molecule has 0 saturated carbocycles. The molecule has 0 radical (unpaired) electrons. The summed E-state index contributed by atoms with van der Waals surface area (Å²) in [5, 5.41) is 0. The van der Waals surface area contributed by atoms with E-state index in [0.29, 0.717) is 17.9 Å². The monoisotopic (exact) mass is 209 g/mol. The summed E-state index contributed by atoms with van der Waals surface area (Å²) in [6.45, 7) is 6.98. The van der Waals surface area contributed by atoms with Gasteiger partial charge in [0.15, 0.2) is 9.84 Å². The van der Waals surface area contributed by atoms with Crippen LogP contribution in [0, 0.1) is 6.57 Å². The Labute approximate surface area is 84.1 Å². The fourth-order valence-electron chi connectivity index (χ4n) is 1.25. The van der Waals surface area contributed by atoms with Gasteiger partial charge in [-0.05, 0) is 11.6 Å². The minimum absolute atomic E-state index is 0.326. The number of hydrogen-bond acceptors (Lipinski definition) is 2. The van der Waals surface area contributed by atoms with Crippen LogP contribution in [0.5, 0.6) is 0 Å². The van der Waals surface area contributed by atoms with Gasteiger partial charge >= 0.3 is 0 Å². The maximum absolute atomic E-state index is 11.3. The molecule has 0 spiro atoms. The van der Waals surface area contributed by atoms with Crippen LogP contribution < -0.4 is 0 Å². The molecule has 74 valence electrons. The van der Waals surface area contributed by atoms with Crippen LogP contribution in [0.15, 0.2) is 29.2 Å². The second-order valence-electron chi connectivity index (χ2n) is 3.01. The van der Waals surface area contributed by atoms with Crippen LogP contribution in [0.1, 0.15) is 5.56 Å². The quantitative estimate of drug-likeness (QED) is 0.708. The zero-order valence-corrected chi connectivity index (χ0v) is 8.71. The summed E-state index contributed by atoms with van der Waals surface area (Å²) in [4.78, 5) is 3.55. The first-order valence-electron chi connectivity index (χ1n) is 4.17. The predicted octanol–water partition coefficient (Wildman–Crippen LogP) is 1.55. The Kier molecular flexibility index (Phi) is 3.26. The Hall–Kier alpha value is -1.34. The second kappa shape index (κ2) is 4.25. The number of nitrogens with zero attached hydrogens (tertiary/aromatic N) is 1. The van der Waals surface area contributed by atoms with Gasteiger partial charge in [-0.2, -0.15) is 0 Å². The highest BCUT2D eigenvalue weighted by Gasteiger charge is 2.12. The largest absolute Gasteiger partial charge is 0.317 e. The van der Waals surface area contributed by atoms with E-state index in [4.69, 9.17) is 6.57 Å². The Morgan fingerprint density at radius 1 is 1.36 bits per heavy atom. The maximum atomic E-state index is 11.3. The Morgan fingerprint density at radius 3 is 2.57 bits per heavy atom. The molecule has 0 bridgehead atoms. The highest BCUT2D eigenvalue weighted by atomic mass is 32.2. The second-order valence-corrected chi connectivity index (χ2v) is 5.00. The van der Waals surface area contributed by atoms with Gasteiger partial charge in [-0.1, -0.05) is 18.2 Å². The van der Waals surface area contributed by atoms with Crippen LogP contribution in [0.3, 0.4) is 0 Å². The lowest BCUT2D eigenvalue weighted by molar-refractivity contribution is 0.601. The lowest BCUT2D eigenvalue weighted by Crippen LogP contribution is -2.02. The SMILES string of the molecule is [C-]#[N+]CCc1ccccc1S(C)(=O)=O. The zero-order chi connectivity index (χ0) is 10.6. The molecule has 0 fully saturated rings. The molecule has 1 aromatic carbocycles. The maximum Gasteiger partial charge on any atom is 0.218 e. The van der Waals surface area contributed by atoms with Crippen LogP contribution in [0.4, 0.5) is 0 Å². The van der Waals surface area contributed by atoms with Crippen molar-refractivity contribution in [2.24, 2.45) is 0 Å². The fourth-order valence-corrected chi connectivity index (χ4v) is 2.22. The van der Waals surface area contributed by atoms with E-state index in [0.717, 1.165) is 5.56 Å². The van der Waals surface area contributed by atoms with Crippen molar-refractivity contribution in [3.63, 3.8) is 0 Å². The summed E-state index contributed by atoms with van der Waals surface area (Å²) >= 11 is 0. The third-order valence-electron chi connectivity index (χ3n) is 1.87. The van der Waals surface area contributed by atoms with E-state index >= 15 is 0 Å². The molecule has 1 rings (SSSR count). The van der Waals surface area contributed by atoms with Crippen LogP contribution in [0.25, 0.3) is 4.85 Å². The first-order chi connectivity index (χ1) is 6.55. The molecule has 14 heavy (non-hydrogen) atoms. The number of rotatable bonds is 3. The lowest BCUT2D eigenvalue weighted by Gasteiger charge is -2.03. The van der Waals surface area contributed by atoms with Crippen molar-refractivity contribution in [3.05, 3.63) is 41.2 Å². The molecule has 3 nitrogen and oxygen atoms in total. The molecule has 0 aromatic heterocycles. The molecule has 0 aliphatic carbocycles. The van der Waals surface area contributed by atoms with Crippen LogP contribution in [-0.4, -0.2) is 21.2 Å². The van der Waals surface area contributed by atoms with Crippen molar-refractivity contribution in [2.45, 2.75) is 11.3 Å². The molecule has 0 unspecified atom stereocenters. The lowest BCUT2D eigenvalue weighted by atomic mass is 10.1. The number of hydrogen-bond donors (Lipinski definition) is 0. The van der Waals surface area contributed by atoms with E-state index in [2.05, 4.69) is 4.85 Å². The third-order valence-corrected chi connectivity index (χ3v) is 3.06. The van der Waals surface area contributed by atoms with E-state index in [9.17, 15) is 8.42 Å². The number of benzene rings is 1. The summed E-state index contributed by atoms with van der Waals surface area (Å²) in [6, 6.07) is 6.81. The van der Waals surface area contributed by atoms with Crippen molar-refractivity contribution >= 4 is 9.84 Å². The fraction of sp³-hybridized carbons (Fsp3) is 0.300. The standard InChI is InChI=1S/C10H11NO2S/c1-11-8-7-9-5-3-4-6-10(9)14(2,12)13/h3-6H,7-8H2,2H3. The Balaban J connectivity index is 3.12. The third kappa shape index (κ3) is 2.57.